The molecule has 0 atom stereocenters. The lowest BCUT2D eigenvalue weighted by molar-refractivity contribution is -0.115. The maximum atomic E-state index is 11.2. The van der Waals surface area contributed by atoms with Gasteiger partial charge in [0, 0.05) is 31.9 Å². The Kier molecular flexibility index (Phi) is 3.72. The third-order valence-electron chi connectivity index (χ3n) is 2.30. The summed E-state index contributed by atoms with van der Waals surface area (Å²) < 4.78 is 0. The number of carbonyl (C=O) groups is 1. The van der Waals surface area contributed by atoms with E-state index in [0.29, 0.717) is 6.42 Å². The Bertz CT molecular complexity index is 359. The first-order valence-electron chi connectivity index (χ1n) is 5.12. The number of nitrogens with zero attached hydrogens (tertiary/aromatic N) is 1. The fraction of sp³-hybridized carbons (Fsp3) is 0.417. The van der Waals surface area contributed by atoms with Crippen LogP contribution in [0.1, 0.15) is 18.9 Å². The fourth-order valence-electron chi connectivity index (χ4n) is 1.42. The summed E-state index contributed by atoms with van der Waals surface area (Å²) in [5.41, 5.74) is 3.19. The van der Waals surface area contributed by atoms with Crippen LogP contribution in [0.15, 0.2) is 18.2 Å². The van der Waals surface area contributed by atoms with E-state index in [0.717, 1.165) is 11.4 Å². The number of benzene rings is 1. The zero-order valence-electron chi connectivity index (χ0n) is 9.79. The van der Waals surface area contributed by atoms with Crippen LogP contribution < -0.4 is 10.2 Å². The summed E-state index contributed by atoms with van der Waals surface area (Å²) in [6, 6.07) is 5.93. The summed E-state index contributed by atoms with van der Waals surface area (Å²) >= 11 is 0. The molecule has 0 aromatic heterocycles. The Morgan fingerprint density at radius 1 is 1.40 bits per heavy atom. The van der Waals surface area contributed by atoms with Gasteiger partial charge in [-0.3, -0.25) is 4.79 Å². The van der Waals surface area contributed by atoms with Crippen molar-refractivity contribution in [1.29, 1.82) is 0 Å². The second-order valence-electron chi connectivity index (χ2n) is 3.80. The predicted octanol–water partition coefficient (Wildman–Crippen LogP) is 2.41. The molecule has 0 spiro atoms. The van der Waals surface area contributed by atoms with Crippen molar-refractivity contribution in [3.8, 4) is 0 Å². The highest BCUT2D eigenvalue weighted by Crippen LogP contribution is 2.22. The van der Waals surface area contributed by atoms with Gasteiger partial charge in [-0.05, 0) is 24.6 Å². The molecule has 0 bridgehead atoms. The minimum atomic E-state index is 0.0450. The average molecular weight is 206 g/mol. The molecule has 82 valence electrons. The van der Waals surface area contributed by atoms with Crippen molar-refractivity contribution in [2.24, 2.45) is 0 Å². The maximum absolute atomic E-state index is 11.2. The smallest absolute Gasteiger partial charge is 0.224 e. The molecule has 15 heavy (non-hydrogen) atoms. The Balaban J connectivity index is 2.92. The van der Waals surface area contributed by atoms with E-state index in [1.807, 2.05) is 44.1 Å². The van der Waals surface area contributed by atoms with Crippen LogP contribution in [0, 0.1) is 6.92 Å². The van der Waals surface area contributed by atoms with Gasteiger partial charge in [-0.15, -0.1) is 0 Å². The summed E-state index contributed by atoms with van der Waals surface area (Å²) in [5, 5.41) is 2.85. The minimum Gasteiger partial charge on any atom is -0.377 e. The van der Waals surface area contributed by atoms with Gasteiger partial charge in [0.15, 0.2) is 0 Å². The van der Waals surface area contributed by atoms with E-state index in [9.17, 15) is 4.79 Å². The van der Waals surface area contributed by atoms with Crippen molar-refractivity contribution in [2.75, 3.05) is 24.3 Å². The highest BCUT2D eigenvalue weighted by Gasteiger charge is 2.04. The number of anilines is 2. The summed E-state index contributed by atoms with van der Waals surface area (Å²) in [7, 11) is 3.99. The van der Waals surface area contributed by atoms with Crippen molar-refractivity contribution < 1.29 is 4.79 Å². The van der Waals surface area contributed by atoms with Gasteiger partial charge in [-0.1, -0.05) is 13.0 Å². The minimum absolute atomic E-state index is 0.0450. The quantitative estimate of drug-likeness (QED) is 0.823. The monoisotopic (exact) mass is 206 g/mol. The first-order valence-corrected chi connectivity index (χ1v) is 5.12. The number of hydrogen-bond donors (Lipinski definition) is 1. The number of carbonyl (C=O) groups excluding carboxylic acids is 1. The number of nitrogens with one attached hydrogen (secondary N) is 1. The van der Waals surface area contributed by atoms with Crippen molar-refractivity contribution in [1.82, 2.24) is 0 Å². The van der Waals surface area contributed by atoms with Crippen molar-refractivity contribution in [3.63, 3.8) is 0 Å². The Hall–Kier alpha value is -1.51. The molecular weight excluding hydrogens is 188 g/mol. The highest BCUT2D eigenvalue weighted by molar-refractivity contribution is 5.91. The van der Waals surface area contributed by atoms with Crippen LogP contribution in [-0.4, -0.2) is 20.0 Å². The standard InChI is InChI=1S/C12H18N2O/c1-5-12(15)13-10-7-6-9(2)11(8-10)14(3)4/h6-8H,5H2,1-4H3,(H,13,15). The van der Waals surface area contributed by atoms with E-state index in [2.05, 4.69) is 12.2 Å². The predicted molar refractivity (Wildman–Crippen MR) is 64.4 cm³/mol. The van der Waals surface area contributed by atoms with E-state index in [1.54, 1.807) is 0 Å². The van der Waals surface area contributed by atoms with Gasteiger partial charge in [-0.2, -0.15) is 0 Å². The van der Waals surface area contributed by atoms with Gasteiger partial charge < -0.3 is 10.2 Å². The van der Waals surface area contributed by atoms with Crippen LogP contribution in [0.4, 0.5) is 11.4 Å². The number of amides is 1. The molecule has 0 aliphatic carbocycles. The molecule has 1 rings (SSSR count). The molecule has 0 aliphatic rings. The molecule has 3 nitrogen and oxygen atoms in total. The molecule has 0 saturated carbocycles. The number of hydrogen-bond acceptors (Lipinski definition) is 2. The lowest BCUT2D eigenvalue weighted by Gasteiger charge is -2.17. The molecule has 0 heterocycles. The Morgan fingerprint density at radius 3 is 2.60 bits per heavy atom. The summed E-state index contributed by atoms with van der Waals surface area (Å²) in [5.74, 6) is 0.0450. The molecule has 0 fully saturated rings. The normalized spacial score (nSPS) is 9.87. The van der Waals surface area contributed by atoms with Crippen LogP contribution in [0.5, 0.6) is 0 Å². The second-order valence-corrected chi connectivity index (χ2v) is 3.80. The summed E-state index contributed by atoms with van der Waals surface area (Å²) in [6.45, 7) is 3.90. The molecule has 0 saturated heterocycles. The highest BCUT2D eigenvalue weighted by atomic mass is 16.1. The van der Waals surface area contributed by atoms with E-state index < -0.39 is 0 Å². The molecule has 0 unspecified atom stereocenters. The molecule has 0 radical (unpaired) electrons. The van der Waals surface area contributed by atoms with Crippen LogP contribution in [0.3, 0.4) is 0 Å². The lowest BCUT2D eigenvalue weighted by atomic mass is 10.1. The summed E-state index contributed by atoms with van der Waals surface area (Å²) in [4.78, 5) is 13.3. The molecule has 1 amide bonds. The molecule has 1 aromatic rings. The largest absolute Gasteiger partial charge is 0.377 e. The van der Waals surface area contributed by atoms with Crippen LogP contribution >= 0.6 is 0 Å². The van der Waals surface area contributed by atoms with Crippen molar-refractivity contribution in [2.45, 2.75) is 20.3 Å². The molecular formula is C12H18N2O. The summed E-state index contributed by atoms with van der Waals surface area (Å²) in [6.07, 6.45) is 0.505. The SMILES string of the molecule is CCC(=O)Nc1ccc(C)c(N(C)C)c1. The second kappa shape index (κ2) is 4.82. The lowest BCUT2D eigenvalue weighted by Crippen LogP contribution is -2.13. The Labute approximate surface area is 91.1 Å². The van der Waals surface area contributed by atoms with Crippen LogP contribution in [0.25, 0.3) is 0 Å². The van der Waals surface area contributed by atoms with Gasteiger partial charge in [0.1, 0.15) is 0 Å². The van der Waals surface area contributed by atoms with Gasteiger partial charge in [-0.25, -0.2) is 0 Å². The zero-order valence-corrected chi connectivity index (χ0v) is 9.79. The topological polar surface area (TPSA) is 32.3 Å². The van der Waals surface area contributed by atoms with Gasteiger partial charge in [0.05, 0.1) is 0 Å². The number of aryl methyl sites for hydroxylation is 1. The Morgan fingerprint density at radius 2 is 2.07 bits per heavy atom. The van der Waals surface area contributed by atoms with Gasteiger partial charge in [0.25, 0.3) is 0 Å². The first-order chi connectivity index (χ1) is 7.04. The third kappa shape index (κ3) is 2.98. The zero-order chi connectivity index (χ0) is 11.4. The molecule has 1 N–H and O–H groups in total. The first kappa shape index (κ1) is 11.6. The van der Waals surface area contributed by atoms with Gasteiger partial charge in [0.2, 0.25) is 5.91 Å². The molecule has 3 heteroatoms. The maximum Gasteiger partial charge on any atom is 0.224 e. The van der Waals surface area contributed by atoms with Crippen molar-refractivity contribution >= 4 is 17.3 Å². The number of rotatable bonds is 3. The third-order valence-corrected chi connectivity index (χ3v) is 2.30. The van der Waals surface area contributed by atoms with Crippen LogP contribution in [0.2, 0.25) is 0 Å². The van der Waals surface area contributed by atoms with E-state index in [4.69, 9.17) is 0 Å². The molecule has 1 aromatic carbocycles. The van der Waals surface area contributed by atoms with E-state index in [-0.39, 0.29) is 5.91 Å². The van der Waals surface area contributed by atoms with E-state index >= 15 is 0 Å². The van der Waals surface area contributed by atoms with Gasteiger partial charge >= 0.3 is 0 Å². The van der Waals surface area contributed by atoms with Crippen molar-refractivity contribution in [3.05, 3.63) is 23.8 Å². The average Bonchev–Trinajstić information content (AvgIpc) is 2.20. The molecule has 0 aliphatic heterocycles. The van der Waals surface area contributed by atoms with Crippen LogP contribution in [-0.2, 0) is 4.79 Å². The van der Waals surface area contributed by atoms with E-state index in [1.165, 1.54) is 5.56 Å². The fourth-order valence-corrected chi connectivity index (χ4v) is 1.42.